The number of hydrogen-bond donors (Lipinski definition) is 2. The van der Waals surface area contributed by atoms with E-state index in [0.717, 1.165) is 15.7 Å². The maximum absolute atomic E-state index is 11.9. The highest BCUT2D eigenvalue weighted by Crippen LogP contribution is 2.23. The second-order valence-electron chi connectivity index (χ2n) is 5.45. The van der Waals surface area contributed by atoms with Crippen molar-refractivity contribution in [3.05, 3.63) is 63.9 Å². The van der Waals surface area contributed by atoms with Crippen molar-refractivity contribution in [2.75, 3.05) is 20.2 Å². The molecule has 0 bridgehead atoms. The minimum Gasteiger partial charge on any atom is -0.496 e. The van der Waals surface area contributed by atoms with Crippen LogP contribution in [0.5, 0.6) is 5.75 Å². The molecule has 136 valence electrons. The van der Waals surface area contributed by atoms with Crippen molar-refractivity contribution in [2.45, 2.75) is 6.92 Å². The monoisotopic (exact) mass is 417 g/mol. The number of rotatable bonds is 7. The summed E-state index contributed by atoms with van der Waals surface area (Å²) in [6, 6.07) is 9.03. The number of nitrogens with one attached hydrogen (secondary N) is 2. The Balaban J connectivity index is 1.77. The van der Waals surface area contributed by atoms with E-state index in [9.17, 15) is 9.59 Å². The van der Waals surface area contributed by atoms with Crippen LogP contribution in [-0.2, 0) is 4.79 Å². The summed E-state index contributed by atoms with van der Waals surface area (Å²) in [5.41, 5.74) is 2.13. The topological polar surface area (TPSA) is 80.3 Å². The molecule has 0 aliphatic rings. The van der Waals surface area contributed by atoms with Gasteiger partial charge in [0.2, 0.25) is 5.91 Å². The molecule has 2 aromatic rings. The SMILES string of the molecule is COc1ccc(Br)cc1/C=C/C(=O)NCCNC(=O)c1ccc(C)nc1. The van der Waals surface area contributed by atoms with E-state index in [2.05, 4.69) is 31.5 Å². The van der Waals surface area contributed by atoms with Crippen LogP contribution in [-0.4, -0.2) is 37.0 Å². The van der Waals surface area contributed by atoms with Crippen molar-refractivity contribution in [2.24, 2.45) is 0 Å². The first-order chi connectivity index (χ1) is 12.5. The highest BCUT2D eigenvalue weighted by Gasteiger charge is 2.05. The van der Waals surface area contributed by atoms with Crippen LogP contribution in [0.1, 0.15) is 21.6 Å². The molecule has 0 atom stereocenters. The second-order valence-corrected chi connectivity index (χ2v) is 6.37. The molecule has 1 aromatic carbocycles. The summed E-state index contributed by atoms with van der Waals surface area (Å²) in [5, 5.41) is 5.44. The van der Waals surface area contributed by atoms with E-state index < -0.39 is 0 Å². The van der Waals surface area contributed by atoms with Crippen LogP contribution in [0.2, 0.25) is 0 Å². The van der Waals surface area contributed by atoms with E-state index in [0.29, 0.717) is 24.4 Å². The number of methoxy groups -OCH3 is 1. The van der Waals surface area contributed by atoms with Gasteiger partial charge in [0, 0.05) is 41.1 Å². The fraction of sp³-hybridized carbons (Fsp3) is 0.211. The Morgan fingerprint density at radius 2 is 1.96 bits per heavy atom. The lowest BCUT2D eigenvalue weighted by Crippen LogP contribution is -2.34. The third-order valence-electron chi connectivity index (χ3n) is 3.49. The summed E-state index contributed by atoms with van der Waals surface area (Å²) in [4.78, 5) is 27.9. The molecule has 0 aliphatic carbocycles. The molecule has 26 heavy (non-hydrogen) atoms. The van der Waals surface area contributed by atoms with Gasteiger partial charge in [-0.3, -0.25) is 14.6 Å². The van der Waals surface area contributed by atoms with E-state index in [4.69, 9.17) is 4.74 Å². The molecular formula is C19H20BrN3O3. The maximum Gasteiger partial charge on any atom is 0.252 e. The van der Waals surface area contributed by atoms with Crippen LogP contribution in [0.3, 0.4) is 0 Å². The largest absolute Gasteiger partial charge is 0.496 e. The number of nitrogens with zero attached hydrogens (tertiary/aromatic N) is 1. The molecule has 0 spiro atoms. The molecule has 0 unspecified atom stereocenters. The lowest BCUT2D eigenvalue weighted by Gasteiger charge is -2.06. The maximum atomic E-state index is 11.9. The summed E-state index contributed by atoms with van der Waals surface area (Å²) >= 11 is 3.39. The van der Waals surface area contributed by atoms with Gasteiger partial charge in [-0.1, -0.05) is 15.9 Å². The standard InChI is InChI=1S/C19H20BrN3O3/c1-13-3-4-15(12-23-13)19(25)22-10-9-21-18(24)8-5-14-11-16(20)6-7-17(14)26-2/h3-8,11-12H,9-10H2,1-2H3,(H,21,24)(H,22,25)/b8-5+. The molecule has 7 heteroatoms. The Labute approximate surface area is 160 Å². The van der Waals surface area contributed by atoms with Gasteiger partial charge in [-0.25, -0.2) is 0 Å². The average Bonchev–Trinajstić information content (AvgIpc) is 2.64. The lowest BCUT2D eigenvalue weighted by molar-refractivity contribution is -0.116. The van der Waals surface area contributed by atoms with Crippen molar-refractivity contribution in [3.8, 4) is 5.75 Å². The van der Waals surface area contributed by atoms with Gasteiger partial charge in [0.05, 0.1) is 12.7 Å². The Kier molecular flexibility index (Phi) is 7.35. The Morgan fingerprint density at radius 3 is 2.65 bits per heavy atom. The predicted octanol–water partition coefficient (Wildman–Crippen LogP) is 2.72. The average molecular weight is 418 g/mol. The number of ether oxygens (including phenoxy) is 1. The molecule has 0 saturated carbocycles. The van der Waals surface area contributed by atoms with Gasteiger partial charge in [-0.2, -0.15) is 0 Å². The number of hydrogen-bond acceptors (Lipinski definition) is 4. The minimum absolute atomic E-state index is 0.221. The van der Waals surface area contributed by atoms with Gasteiger partial charge >= 0.3 is 0 Å². The van der Waals surface area contributed by atoms with Crippen LogP contribution in [0.4, 0.5) is 0 Å². The van der Waals surface area contributed by atoms with Gasteiger partial charge in [-0.05, 0) is 43.3 Å². The summed E-state index contributed by atoms with van der Waals surface area (Å²) in [6.07, 6.45) is 4.63. The number of amides is 2. The number of halogens is 1. The number of carbonyl (C=O) groups excluding carboxylic acids is 2. The van der Waals surface area contributed by atoms with Crippen molar-refractivity contribution >= 4 is 33.8 Å². The van der Waals surface area contributed by atoms with Gasteiger partial charge in [-0.15, -0.1) is 0 Å². The smallest absolute Gasteiger partial charge is 0.252 e. The molecule has 2 N–H and O–H groups in total. The minimum atomic E-state index is -0.252. The highest BCUT2D eigenvalue weighted by molar-refractivity contribution is 9.10. The molecule has 1 heterocycles. The zero-order valence-corrected chi connectivity index (χ0v) is 16.2. The molecule has 0 radical (unpaired) electrons. The van der Waals surface area contributed by atoms with E-state index in [1.54, 1.807) is 25.3 Å². The van der Waals surface area contributed by atoms with Crippen molar-refractivity contribution in [3.63, 3.8) is 0 Å². The third kappa shape index (κ3) is 6.00. The van der Waals surface area contributed by atoms with E-state index in [-0.39, 0.29) is 11.8 Å². The van der Waals surface area contributed by atoms with E-state index in [1.165, 1.54) is 12.3 Å². The van der Waals surface area contributed by atoms with E-state index in [1.807, 2.05) is 25.1 Å². The second kappa shape index (κ2) is 9.72. The zero-order valence-electron chi connectivity index (χ0n) is 14.6. The normalized spacial score (nSPS) is 10.6. The predicted molar refractivity (Wildman–Crippen MR) is 104 cm³/mol. The molecule has 0 saturated heterocycles. The van der Waals surface area contributed by atoms with Crippen molar-refractivity contribution in [1.82, 2.24) is 15.6 Å². The molecule has 1 aromatic heterocycles. The first-order valence-electron chi connectivity index (χ1n) is 8.00. The summed E-state index contributed by atoms with van der Waals surface area (Å²) in [7, 11) is 1.58. The quantitative estimate of drug-likeness (QED) is 0.535. The first-order valence-corrected chi connectivity index (χ1v) is 8.79. The van der Waals surface area contributed by atoms with Crippen molar-refractivity contribution < 1.29 is 14.3 Å². The Bertz CT molecular complexity index is 804. The zero-order chi connectivity index (χ0) is 18.9. The molecule has 0 fully saturated rings. The lowest BCUT2D eigenvalue weighted by atomic mass is 10.2. The summed E-state index contributed by atoms with van der Waals surface area (Å²) in [5.74, 6) is 0.204. The number of pyridine rings is 1. The van der Waals surface area contributed by atoms with Gasteiger partial charge in [0.1, 0.15) is 5.75 Å². The molecule has 2 amide bonds. The van der Waals surface area contributed by atoms with Crippen molar-refractivity contribution in [1.29, 1.82) is 0 Å². The molecule has 0 aliphatic heterocycles. The summed E-state index contributed by atoms with van der Waals surface area (Å²) < 4.78 is 6.15. The fourth-order valence-corrected chi connectivity index (χ4v) is 2.50. The van der Waals surface area contributed by atoms with Crippen LogP contribution in [0.15, 0.2) is 47.1 Å². The molecule has 2 rings (SSSR count). The van der Waals surface area contributed by atoms with Crippen LogP contribution >= 0.6 is 15.9 Å². The van der Waals surface area contributed by atoms with Crippen LogP contribution in [0.25, 0.3) is 6.08 Å². The molecule has 6 nitrogen and oxygen atoms in total. The third-order valence-corrected chi connectivity index (χ3v) is 3.98. The number of aryl methyl sites for hydroxylation is 1. The number of benzene rings is 1. The van der Waals surface area contributed by atoms with Crippen LogP contribution in [0, 0.1) is 6.92 Å². The highest BCUT2D eigenvalue weighted by atomic mass is 79.9. The molecular weight excluding hydrogens is 398 g/mol. The van der Waals surface area contributed by atoms with E-state index >= 15 is 0 Å². The van der Waals surface area contributed by atoms with Gasteiger partial charge in [0.25, 0.3) is 5.91 Å². The Morgan fingerprint density at radius 1 is 1.19 bits per heavy atom. The summed E-state index contributed by atoms with van der Waals surface area (Å²) in [6.45, 7) is 2.50. The van der Waals surface area contributed by atoms with Crippen LogP contribution < -0.4 is 15.4 Å². The number of aromatic nitrogens is 1. The van der Waals surface area contributed by atoms with Gasteiger partial charge in [0.15, 0.2) is 0 Å². The Hall–Kier alpha value is -2.67. The first kappa shape index (κ1) is 19.7. The fourth-order valence-electron chi connectivity index (χ4n) is 2.13. The van der Waals surface area contributed by atoms with Gasteiger partial charge < -0.3 is 15.4 Å². The number of carbonyl (C=O) groups is 2.